The molecule has 0 radical (unpaired) electrons. The molecule has 16 aliphatic rings. The van der Waals surface area contributed by atoms with Crippen molar-refractivity contribution in [2.45, 2.75) is 407 Å². The Kier molecular flexibility index (Phi) is 31.5. The summed E-state index contributed by atoms with van der Waals surface area (Å²) < 4.78 is 139. The van der Waals surface area contributed by atoms with E-state index in [1.165, 1.54) is 72.7 Å². The largest absolute Gasteiger partial charge is 0.509 e. The average molecular weight is 2080 g/mol. The Morgan fingerprint density at radius 2 is 0.744 bits per heavy atom. The summed E-state index contributed by atoms with van der Waals surface area (Å²) in [5.74, 6) is -10.9. The monoisotopic (exact) mass is 2080 g/mol. The van der Waals surface area contributed by atoms with E-state index < -0.39 is 100 Å². The van der Waals surface area contributed by atoms with E-state index in [9.17, 15) is 41.8 Å². The van der Waals surface area contributed by atoms with Gasteiger partial charge in [0.2, 0.25) is 0 Å². The third kappa shape index (κ3) is 25.9. The van der Waals surface area contributed by atoms with Gasteiger partial charge in [-0.3, -0.25) is 0 Å². The fourth-order valence-corrected chi connectivity index (χ4v) is 28.5. The van der Waals surface area contributed by atoms with E-state index >= 15 is 0 Å². The van der Waals surface area contributed by atoms with Crippen LogP contribution in [0.2, 0.25) is 0 Å². The molecule has 26 heteroatoms. The maximum atomic E-state index is 13.7. The Hall–Kier alpha value is -5.41. The zero-order chi connectivity index (χ0) is 94.9. The quantitative estimate of drug-likeness (QED) is 0.0395. The predicted molar refractivity (Wildman–Crippen MR) is 486 cm³/mol. The molecule has 4 saturated heterocycles. The molecule has 5 heterocycles. The first-order valence-electron chi connectivity index (χ1n) is 49.6. The molecule has 4 aromatic carbocycles. The van der Waals surface area contributed by atoms with E-state index in [1.807, 2.05) is 0 Å². The van der Waals surface area contributed by atoms with Crippen LogP contribution in [-0.4, -0.2) is 161 Å². The molecule has 21 rings (SSSR count). The summed E-state index contributed by atoms with van der Waals surface area (Å²) in [5.41, 5.74) is 4.39. The van der Waals surface area contributed by atoms with Crippen LogP contribution in [0.3, 0.4) is 0 Å². The summed E-state index contributed by atoms with van der Waals surface area (Å²) in [7, 11) is 0. The van der Waals surface area contributed by atoms with E-state index in [2.05, 4.69) is 185 Å². The molecule has 1 N–H and O–H groups in total. The molecule has 5 aromatic rings. The van der Waals surface area contributed by atoms with Gasteiger partial charge in [0.1, 0.15) is 48.0 Å². The Morgan fingerprint density at radius 3 is 1.05 bits per heavy atom. The van der Waals surface area contributed by atoms with E-state index in [-0.39, 0.29) is 107 Å². The molecular weight excluding hydrogens is 1930 g/mol. The van der Waals surface area contributed by atoms with Crippen LogP contribution in [0, 0.1) is 48.8 Å². The Bertz CT molecular complexity index is 4360. The minimum Gasteiger partial charge on any atom is -0.461 e. The number of esters is 2. The fourth-order valence-electron chi connectivity index (χ4n) is 24.2. The summed E-state index contributed by atoms with van der Waals surface area (Å²) in [6.07, 6.45) is 30.0. The molecule has 736 valence electrons. The second-order valence-corrected chi connectivity index (χ2v) is 52.0. The normalized spacial score (nSPS) is 30.2. The number of carbonyl (C=O) groups is 4. The average Bonchev–Trinajstić information content (AvgIpc) is 1.42. The molecule has 8 unspecified atom stereocenters. The maximum Gasteiger partial charge on any atom is 0.509 e. The number of nitrogens with zero attached hydrogens (tertiary/aromatic N) is 2. The van der Waals surface area contributed by atoms with Gasteiger partial charge in [0.15, 0.2) is 36.4 Å². The smallest absolute Gasteiger partial charge is 0.461 e. The van der Waals surface area contributed by atoms with Crippen molar-refractivity contribution in [3.05, 3.63) is 152 Å². The van der Waals surface area contributed by atoms with Crippen LogP contribution < -0.4 is 42.4 Å². The second kappa shape index (κ2) is 41.0. The van der Waals surface area contributed by atoms with Crippen molar-refractivity contribution >= 4 is 24.2 Å². The van der Waals surface area contributed by atoms with E-state index in [0.717, 1.165) is 167 Å². The van der Waals surface area contributed by atoms with Crippen molar-refractivity contribution in [2.75, 3.05) is 39.6 Å². The minimum atomic E-state index is -3.54. The SMILES string of the molecule is CC(C)(C)c1ccc([I+]c2ccc(C(C)(C)C)cc2)cc1.CC(C)(C)c1ccc([I-]c2ccc(C(C)(C)C)cc2)cc1.CC(F)(F)C(=O)OCC12CC3CC(C1)CC(OC(=O)OC(C1COC4(CCCCC4)O1)C1COC4(CCCCC4)O1)(C3)C2.CC(F)(F)C(=O)OCC12CC3CC(C1)CC(OC(=O)n1ccnc1)(C3)C2.OC(C1COC2(CCCCC2)O1)C1COC2(CCCCC2)O1. The number of rotatable bonds is 17. The van der Waals surface area contributed by atoms with Crippen LogP contribution in [0.1, 0.15) is 325 Å². The summed E-state index contributed by atoms with van der Waals surface area (Å²) in [6.45, 7) is 29.7. The van der Waals surface area contributed by atoms with Crippen molar-refractivity contribution in [3.8, 4) is 0 Å². The first kappa shape index (κ1) is 102. The van der Waals surface area contributed by atoms with Crippen LogP contribution in [0.4, 0.5) is 27.2 Å². The van der Waals surface area contributed by atoms with E-state index in [0.29, 0.717) is 77.8 Å². The maximum absolute atomic E-state index is 13.7. The molecule has 8 atom stereocenters. The van der Waals surface area contributed by atoms with Gasteiger partial charge in [-0.2, -0.15) is 17.6 Å². The van der Waals surface area contributed by atoms with Gasteiger partial charge in [0, 0.05) is 88.4 Å². The Morgan fingerprint density at radius 1 is 0.436 bits per heavy atom. The molecule has 4 spiro atoms. The molecule has 1 aromatic heterocycles. The van der Waals surface area contributed by atoms with E-state index in [1.54, 1.807) is 0 Å². The third-order valence-corrected chi connectivity index (χ3v) is 35.7. The van der Waals surface area contributed by atoms with Crippen molar-refractivity contribution < 1.29 is 146 Å². The number of alkyl halides is 4. The molecule has 133 heavy (non-hydrogen) atoms. The summed E-state index contributed by atoms with van der Waals surface area (Å²) >= 11 is -0.141. The summed E-state index contributed by atoms with van der Waals surface area (Å²) in [5, 5.41) is 10.7. The van der Waals surface area contributed by atoms with Gasteiger partial charge in [0.05, 0.1) is 39.6 Å². The summed E-state index contributed by atoms with van der Waals surface area (Å²) in [6, 6.07) is 36.8. The van der Waals surface area contributed by atoms with Crippen molar-refractivity contribution in [3.63, 3.8) is 0 Å². The van der Waals surface area contributed by atoms with Crippen LogP contribution in [0.25, 0.3) is 0 Å². The second-order valence-electron chi connectivity index (χ2n) is 46.0. The third-order valence-electron chi connectivity index (χ3n) is 30.3. The van der Waals surface area contributed by atoms with E-state index in [4.69, 9.17) is 61.6 Å². The molecule has 16 fully saturated rings. The number of aliphatic hydroxyl groups excluding tert-OH is 1. The molecule has 12 saturated carbocycles. The first-order valence-corrected chi connectivity index (χ1v) is 53.9. The van der Waals surface area contributed by atoms with Gasteiger partial charge in [-0.1, -0.05) is 91.5 Å². The number of aliphatic hydroxyl groups is 1. The van der Waals surface area contributed by atoms with Crippen LogP contribution in [-0.2, 0) is 92.8 Å². The Balaban J connectivity index is 0.000000132. The molecule has 12 aliphatic carbocycles. The number of imidazole rings is 1. The van der Waals surface area contributed by atoms with Crippen molar-refractivity contribution in [1.82, 2.24) is 9.55 Å². The van der Waals surface area contributed by atoms with Gasteiger partial charge in [-0.15, -0.1) is 0 Å². The Labute approximate surface area is 807 Å². The standard InChI is InChI=1S/C32H46F2O9.2C20H26I.C18H22F2N2O4.C17H28O5/c1-28(33,34)26(35)37-20-29-13-21-12-22(14-29)16-30(15-21,19-29)43-27(36)40-25(23-17-38-31(41-23)8-4-2-5-9-31)24-18-39-32(42-24)10-6-3-7-11-32;2*1-19(2,3)15-7-11-17(12-8-15)21-18-13-9-16(10-14-18)20(4,5)6;1-16(19,20)14(23)25-10-17-5-12-4-13(6-17)8-18(7-12,9-17)26-15(24)22-3-2-21-11-22;18-15(13-11-19-16(21-13)7-3-1-4-8-16)14-12-20-17(22-14)9-5-2-6-10-17/h21-25H,2-20H2,1H3;2*7-14H,1-6H3;2-3,11-13H,4-10H2,1H3;13-15,18H,1-12H2/q;-1;+1;;. The van der Waals surface area contributed by atoms with Crippen LogP contribution >= 0.6 is 0 Å². The zero-order valence-electron chi connectivity index (χ0n) is 81.2. The summed E-state index contributed by atoms with van der Waals surface area (Å²) in [4.78, 5) is 53.3. The van der Waals surface area contributed by atoms with Crippen molar-refractivity contribution in [1.29, 1.82) is 0 Å². The zero-order valence-corrected chi connectivity index (χ0v) is 85.5. The van der Waals surface area contributed by atoms with Gasteiger partial charge < -0.3 is 66.7 Å². The number of hydrogen-bond donors (Lipinski definition) is 1. The number of benzene rings is 4. The van der Waals surface area contributed by atoms with Gasteiger partial charge in [-0.25, -0.2) is 28.7 Å². The predicted octanol–water partition coefficient (Wildman–Crippen LogP) is 16.9. The fraction of sp³-hybridized carbons (Fsp3) is 0.710. The number of carbonyl (C=O) groups excluding carboxylic acids is 4. The van der Waals surface area contributed by atoms with Gasteiger partial charge in [0.25, 0.3) is 0 Å². The molecular formula is C107H148F4I2N2O18. The number of hydrogen-bond acceptors (Lipinski definition) is 19. The van der Waals surface area contributed by atoms with Crippen LogP contribution in [0.15, 0.2) is 116 Å². The minimum absolute atomic E-state index is 0.0351. The van der Waals surface area contributed by atoms with Crippen molar-refractivity contribution in [2.24, 2.45) is 34.5 Å². The van der Waals surface area contributed by atoms with Gasteiger partial charge in [-0.05, 0) is 198 Å². The topological polar surface area (TPSA) is 226 Å². The van der Waals surface area contributed by atoms with Gasteiger partial charge >= 0.3 is 198 Å². The number of aromatic nitrogens is 2. The molecule has 0 amide bonds. The number of halogens is 6. The number of ether oxygens (including phenoxy) is 13. The first-order chi connectivity index (χ1) is 62.7. The molecule has 4 aliphatic heterocycles. The molecule has 8 bridgehead atoms. The molecule has 20 nitrogen and oxygen atoms in total. The van der Waals surface area contributed by atoms with Crippen LogP contribution in [0.5, 0.6) is 0 Å².